The average Bonchev–Trinajstić information content (AvgIpc) is 2.68. The molecule has 0 spiro atoms. The molecule has 27 heavy (non-hydrogen) atoms. The first kappa shape index (κ1) is 21.7. The highest BCUT2D eigenvalue weighted by molar-refractivity contribution is 7.93. The second-order valence-corrected chi connectivity index (χ2v) is 8.92. The van der Waals surface area contributed by atoms with Crippen LogP contribution in [0.25, 0.3) is 11.1 Å². The minimum Gasteiger partial charge on any atom is -0.317 e. The zero-order valence-electron chi connectivity index (χ0n) is 14.3. The van der Waals surface area contributed by atoms with E-state index in [9.17, 15) is 13.2 Å². The molecule has 0 aliphatic carbocycles. The van der Waals surface area contributed by atoms with E-state index >= 15 is 0 Å². The second-order valence-electron chi connectivity index (χ2n) is 6.22. The normalized spacial score (nSPS) is 16.2. The predicted molar refractivity (Wildman–Crippen MR) is 106 cm³/mol. The summed E-state index contributed by atoms with van der Waals surface area (Å²) >= 11 is 5.89. The fourth-order valence-electron chi connectivity index (χ4n) is 3.24. The summed E-state index contributed by atoms with van der Waals surface area (Å²) in [6, 6.07) is 13.6. The molecule has 1 fully saturated rings. The van der Waals surface area contributed by atoms with E-state index < -0.39 is 20.5 Å². The molecule has 9 heteroatoms. The zero-order chi connectivity index (χ0) is 18.8. The number of amides is 1. The maximum atomic E-state index is 13.2. The van der Waals surface area contributed by atoms with Crippen molar-refractivity contribution in [1.82, 2.24) is 10.8 Å². The summed E-state index contributed by atoms with van der Waals surface area (Å²) < 4.78 is 24.7. The van der Waals surface area contributed by atoms with Crippen LogP contribution in [0.5, 0.6) is 0 Å². The van der Waals surface area contributed by atoms with Crippen molar-refractivity contribution in [3.05, 3.63) is 53.6 Å². The number of carbonyl (C=O) groups is 1. The van der Waals surface area contributed by atoms with Crippen LogP contribution in [-0.2, 0) is 14.6 Å². The van der Waals surface area contributed by atoms with Crippen molar-refractivity contribution in [2.24, 2.45) is 0 Å². The first-order chi connectivity index (χ1) is 12.4. The van der Waals surface area contributed by atoms with Gasteiger partial charge in [-0.2, -0.15) is 0 Å². The number of hydrogen-bond donors (Lipinski definition) is 3. The van der Waals surface area contributed by atoms with Crippen LogP contribution >= 0.6 is 24.0 Å². The summed E-state index contributed by atoms with van der Waals surface area (Å²) in [5.41, 5.74) is 3.28. The Morgan fingerprint density at radius 3 is 1.96 bits per heavy atom. The van der Waals surface area contributed by atoms with Gasteiger partial charge in [0.25, 0.3) is 5.91 Å². The number of benzene rings is 2. The van der Waals surface area contributed by atoms with Gasteiger partial charge in [-0.15, -0.1) is 12.4 Å². The van der Waals surface area contributed by atoms with Gasteiger partial charge < -0.3 is 5.32 Å². The molecule has 0 saturated carbocycles. The highest BCUT2D eigenvalue weighted by Gasteiger charge is 2.51. The van der Waals surface area contributed by atoms with Crippen molar-refractivity contribution >= 4 is 39.8 Å². The quantitative estimate of drug-likeness (QED) is 0.511. The third kappa shape index (κ3) is 3.97. The summed E-state index contributed by atoms with van der Waals surface area (Å²) in [6.45, 7) is 0.769. The molecule has 1 amide bonds. The van der Waals surface area contributed by atoms with Crippen LogP contribution in [0.4, 0.5) is 0 Å². The lowest BCUT2D eigenvalue weighted by molar-refractivity contribution is -0.132. The molecule has 146 valence electrons. The van der Waals surface area contributed by atoms with Gasteiger partial charge in [-0.3, -0.25) is 10.0 Å². The number of hydrogen-bond acceptors (Lipinski definition) is 5. The lowest BCUT2D eigenvalue weighted by Crippen LogP contribution is -2.57. The number of rotatable bonds is 4. The standard InChI is InChI=1S/C18H19ClN2O4S.ClH/c19-15-5-1-13(2-6-15)14-3-7-16(8-4-14)26(24,25)18(17(22)21-23)9-11-20-12-10-18;/h1-8,20,23H,9-12H2,(H,21,22);1H. The smallest absolute Gasteiger partial charge is 0.265 e. The van der Waals surface area contributed by atoms with Crippen LogP contribution in [0.1, 0.15) is 12.8 Å². The van der Waals surface area contributed by atoms with E-state index in [1.165, 1.54) is 17.6 Å². The molecular formula is C18H20Cl2N2O4S. The molecule has 0 bridgehead atoms. The monoisotopic (exact) mass is 430 g/mol. The van der Waals surface area contributed by atoms with Gasteiger partial charge in [0.1, 0.15) is 0 Å². The first-order valence-electron chi connectivity index (χ1n) is 8.17. The Kier molecular flexibility index (Phi) is 6.88. The largest absolute Gasteiger partial charge is 0.317 e. The lowest BCUT2D eigenvalue weighted by Gasteiger charge is -2.34. The van der Waals surface area contributed by atoms with Gasteiger partial charge in [-0.1, -0.05) is 35.9 Å². The average molecular weight is 431 g/mol. The molecule has 1 saturated heterocycles. The van der Waals surface area contributed by atoms with Gasteiger partial charge in [-0.05, 0) is 61.3 Å². The molecule has 0 aromatic heterocycles. The van der Waals surface area contributed by atoms with E-state index in [4.69, 9.17) is 16.8 Å². The number of nitrogens with one attached hydrogen (secondary N) is 2. The van der Waals surface area contributed by atoms with Gasteiger partial charge >= 0.3 is 0 Å². The molecule has 0 unspecified atom stereocenters. The second kappa shape index (κ2) is 8.58. The van der Waals surface area contributed by atoms with Gasteiger partial charge in [0.2, 0.25) is 0 Å². The number of carbonyl (C=O) groups excluding carboxylic acids is 1. The fraction of sp³-hybridized carbons (Fsp3) is 0.278. The minimum atomic E-state index is -3.97. The third-order valence-electron chi connectivity index (χ3n) is 4.78. The summed E-state index contributed by atoms with van der Waals surface area (Å²) in [5, 5.41) is 12.7. The van der Waals surface area contributed by atoms with Gasteiger partial charge in [0.05, 0.1) is 4.90 Å². The Hall–Kier alpha value is -1.64. The summed E-state index contributed by atoms with van der Waals surface area (Å²) in [4.78, 5) is 12.3. The Morgan fingerprint density at radius 1 is 1.00 bits per heavy atom. The van der Waals surface area contributed by atoms with Crippen molar-refractivity contribution < 1.29 is 18.4 Å². The maximum Gasteiger partial charge on any atom is 0.265 e. The van der Waals surface area contributed by atoms with Crippen molar-refractivity contribution in [3.8, 4) is 11.1 Å². The van der Waals surface area contributed by atoms with Crippen molar-refractivity contribution in [3.63, 3.8) is 0 Å². The predicted octanol–water partition coefficient (Wildman–Crippen LogP) is 2.83. The summed E-state index contributed by atoms with van der Waals surface area (Å²) in [6.07, 6.45) is 0.196. The van der Waals surface area contributed by atoms with E-state index in [2.05, 4.69) is 5.32 Å². The fourth-order valence-corrected chi connectivity index (χ4v) is 5.35. The van der Waals surface area contributed by atoms with Crippen LogP contribution in [0, 0.1) is 0 Å². The SMILES string of the molecule is Cl.O=C(NO)C1(S(=O)(=O)c2ccc(-c3ccc(Cl)cc3)cc2)CCNCC1. The van der Waals surface area contributed by atoms with Crippen LogP contribution < -0.4 is 10.8 Å². The van der Waals surface area contributed by atoms with Crippen molar-refractivity contribution in [2.45, 2.75) is 22.5 Å². The molecule has 1 heterocycles. The van der Waals surface area contributed by atoms with Gasteiger partial charge in [-0.25, -0.2) is 13.9 Å². The molecule has 3 N–H and O–H groups in total. The van der Waals surface area contributed by atoms with Gasteiger partial charge in [0, 0.05) is 5.02 Å². The number of halogens is 2. The van der Waals surface area contributed by atoms with Gasteiger partial charge in [0.15, 0.2) is 14.6 Å². The summed E-state index contributed by atoms with van der Waals surface area (Å²) in [5.74, 6) is -0.888. The van der Waals surface area contributed by atoms with Crippen LogP contribution in [0.15, 0.2) is 53.4 Å². The molecule has 0 radical (unpaired) electrons. The van der Waals surface area contributed by atoms with E-state index in [1.54, 1.807) is 24.3 Å². The number of sulfone groups is 1. The van der Waals surface area contributed by atoms with Crippen LogP contribution in [0.2, 0.25) is 5.02 Å². The Labute approximate surface area is 169 Å². The summed E-state index contributed by atoms with van der Waals surface area (Å²) in [7, 11) is -3.97. The molecule has 6 nitrogen and oxygen atoms in total. The van der Waals surface area contributed by atoms with E-state index in [1.807, 2.05) is 12.1 Å². The number of hydroxylamine groups is 1. The molecule has 1 aliphatic heterocycles. The Morgan fingerprint density at radius 2 is 1.48 bits per heavy atom. The van der Waals surface area contributed by atoms with Crippen molar-refractivity contribution in [2.75, 3.05) is 13.1 Å². The molecule has 3 rings (SSSR count). The molecule has 1 aliphatic rings. The van der Waals surface area contributed by atoms with Crippen LogP contribution in [0.3, 0.4) is 0 Å². The lowest BCUT2D eigenvalue weighted by atomic mass is 9.96. The Bertz CT molecular complexity index is 894. The highest BCUT2D eigenvalue weighted by Crippen LogP contribution is 2.35. The van der Waals surface area contributed by atoms with E-state index in [0.717, 1.165) is 11.1 Å². The topological polar surface area (TPSA) is 95.5 Å². The molecule has 2 aromatic carbocycles. The maximum absolute atomic E-state index is 13.2. The molecular weight excluding hydrogens is 411 g/mol. The highest BCUT2D eigenvalue weighted by atomic mass is 35.5. The zero-order valence-corrected chi connectivity index (χ0v) is 16.7. The van der Waals surface area contributed by atoms with E-state index in [-0.39, 0.29) is 30.1 Å². The molecule has 0 atom stereocenters. The minimum absolute atomic E-state index is 0. The van der Waals surface area contributed by atoms with Crippen LogP contribution in [-0.4, -0.2) is 37.4 Å². The van der Waals surface area contributed by atoms with E-state index in [0.29, 0.717) is 18.1 Å². The van der Waals surface area contributed by atoms with Crippen molar-refractivity contribution in [1.29, 1.82) is 0 Å². The first-order valence-corrected chi connectivity index (χ1v) is 10.0. The number of piperidine rings is 1. The third-order valence-corrected chi connectivity index (χ3v) is 7.55. The Balaban J connectivity index is 0.00000261. The molecule has 2 aromatic rings.